The summed E-state index contributed by atoms with van der Waals surface area (Å²) < 4.78 is 13.5. The summed E-state index contributed by atoms with van der Waals surface area (Å²) in [4.78, 5) is 21.8. The topological polar surface area (TPSA) is 61.8 Å². The molecule has 0 fully saturated rings. The molecule has 5 heteroatoms. The van der Waals surface area contributed by atoms with Gasteiger partial charge in [0.05, 0.1) is 0 Å². The van der Waals surface area contributed by atoms with Crippen molar-refractivity contribution in [2.24, 2.45) is 0 Å². The summed E-state index contributed by atoms with van der Waals surface area (Å²) in [7, 11) is 1.33. The molecule has 86 valence electrons. The van der Waals surface area contributed by atoms with Crippen LogP contribution in [0, 0.1) is 0 Å². The van der Waals surface area contributed by atoms with Crippen molar-refractivity contribution in [1.82, 2.24) is 0 Å². The molecule has 1 aromatic rings. The minimum absolute atomic E-state index is 0.0694. The van der Waals surface area contributed by atoms with Gasteiger partial charge in [0.25, 0.3) is 0 Å². The van der Waals surface area contributed by atoms with Gasteiger partial charge >= 0.3 is 12.1 Å². The van der Waals surface area contributed by atoms with E-state index in [0.29, 0.717) is 0 Å². The maximum Gasteiger partial charge on any atom is 0.516 e. The van der Waals surface area contributed by atoms with E-state index in [9.17, 15) is 9.59 Å². The van der Waals surface area contributed by atoms with Crippen LogP contribution in [0.2, 0.25) is 0 Å². The van der Waals surface area contributed by atoms with Crippen molar-refractivity contribution < 1.29 is 23.8 Å². The minimum Gasteiger partial charge on any atom is -0.429 e. The second-order valence-electron chi connectivity index (χ2n) is 2.93. The molecule has 1 rings (SSSR count). The molecule has 0 saturated carbocycles. The maximum absolute atomic E-state index is 11.0. The summed E-state index contributed by atoms with van der Waals surface area (Å²) in [5, 5.41) is 0. The fourth-order valence-electron chi connectivity index (χ4n) is 0.986. The van der Waals surface area contributed by atoms with E-state index in [1.807, 2.05) is 18.2 Å². The van der Waals surface area contributed by atoms with Gasteiger partial charge in [0, 0.05) is 7.11 Å². The van der Waals surface area contributed by atoms with Gasteiger partial charge in [-0.3, -0.25) is 0 Å². The number of carbonyl (C=O) groups excluding carboxylic acids is 2. The summed E-state index contributed by atoms with van der Waals surface area (Å²) in [6.45, 7) is -0.208. The third kappa shape index (κ3) is 4.56. The van der Waals surface area contributed by atoms with Crippen LogP contribution in [0.4, 0.5) is 4.79 Å². The lowest BCUT2D eigenvalue weighted by atomic mass is 10.2. The highest BCUT2D eigenvalue weighted by atomic mass is 16.7. The van der Waals surface area contributed by atoms with E-state index in [0.717, 1.165) is 5.56 Å². The smallest absolute Gasteiger partial charge is 0.429 e. The summed E-state index contributed by atoms with van der Waals surface area (Å²) in [5.74, 6) is -0.777. The van der Waals surface area contributed by atoms with Gasteiger partial charge in [-0.1, -0.05) is 30.3 Å². The van der Waals surface area contributed by atoms with Gasteiger partial charge in [0.1, 0.15) is 13.2 Å². The first-order valence-electron chi connectivity index (χ1n) is 4.62. The molecule has 0 atom stereocenters. The molecule has 0 amide bonds. The SMILES string of the molecule is COCC(=O)OC(=O)OCc1ccccc1. The highest BCUT2D eigenvalue weighted by Gasteiger charge is 2.10. The highest BCUT2D eigenvalue weighted by molar-refractivity contribution is 5.82. The highest BCUT2D eigenvalue weighted by Crippen LogP contribution is 2.01. The molecule has 0 heterocycles. The zero-order valence-corrected chi connectivity index (χ0v) is 8.84. The van der Waals surface area contributed by atoms with E-state index < -0.39 is 12.1 Å². The van der Waals surface area contributed by atoms with Crippen LogP contribution in [0.15, 0.2) is 30.3 Å². The predicted octanol–water partition coefficient (Wildman–Crippen LogP) is 1.51. The van der Waals surface area contributed by atoms with E-state index >= 15 is 0 Å². The monoisotopic (exact) mass is 224 g/mol. The zero-order chi connectivity index (χ0) is 11.8. The number of carbonyl (C=O) groups is 2. The van der Waals surface area contributed by atoms with Crippen LogP contribution in [0.25, 0.3) is 0 Å². The first-order chi connectivity index (χ1) is 7.72. The number of methoxy groups -OCH3 is 1. The van der Waals surface area contributed by atoms with E-state index in [2.05, 4.69) is 9.47 Å². The molecule has 1 aromatic carbocycles. The van der Waals surface area contributed by atoms with Crippen molar-refractivity contribution in [2.75, 3.05) is 13.7 Å². The summed E-state index contributed by atoms with van der Waals surface area (Å²) in [5.41, 5.74) is 0.818. The normalized spacial score (nSPS) is 9.56. The van der Waals surface area contributed by atoms with Crippen molar-refractivity contribution >= 4 is 12.1 Å². The van der Waals surface area contributed by atoms with Crippen molar-refractivity contribution in [3.63, 3.8) is 0 Å². The van der Waals surface area contributed by atoms with Gasteiger partial charge in [-0.2, -0.15) is 0 Å². The molecule has 16 heavy (non-hydrogen) atoms. The second-order valence-corrected chi connectivity index (χ2v) is 2.93. The predicted molar refractivity (Wildman–Crippen MR) is 54.6 cm³/mol. The third-order valence-corrected chi connectivity index (χ3v) is 1.66. The molecule has 0 aromatic heterocycles. The standard InChI is InChI=1S/C11H12O5/c1-14-8-10(12)16-11(13)15-7-9-5-3-2-4-6-9/h2-6H,7-8H2,1H3. The Morgan fingerprint density at radius 2 is 1.88 bits per heavy atom. The van der Waals surface area contributed by atoms with E-state index in [-0.39, 0.29) is 13.2 Å². The average Bonchev–Trinajstić information content (AvgIpc) is 2.28. The molecule has 0 unspecified atom stereocenters. The number of hydrogen-bond acceptors (Lipinski definition) is 5. The van der Waals surface area contributed by atoms with E-state index in [1.165, 1.54) is 7.11 Å². The van der Waals surface area contributed by atoms with Crippen LogP contribution in [-0.2, 0) is 25.6 Å². The molecule has 0 aliphatic rings. The van der Waals surface area contributed by atoms with Gasteiger partial charge < -0.3 is 14.2 Å². The largest absolute Gasteiger partial charge is 0.516 e. The van der Waals surface area contributed by atoms with Crippen molar-refractivity contribution in [3.05, 3.63) is 35.9 Å². The number of benzene rings is 1. The molecule has 0 aliphatic heterocycles. The third-order valence-electron chi connectivity index (χ3n) is 1.66. The van der Waals surface area contributed by atoms with Gasteiger partial charge in [-0.25, -0.2) is 9.59 Å². The number of rotatable bonds is 4. The van der Waals surface area contributed by atoms with Crippen molar-refractivity contribution in [2.45, 2.75) is 6.61 Å². The van der Waals surface area contributed by atoms with E-state index in [4.69, 9.17) is 4.74 Å². The lowest BCUT2D eigenvalue weighted by Crippen LogP contribution is -2.17. The molecule has 0 bridgehead atoms. The molecule has 0 spiro atoms. The van der Waals surface area contributed by atoms with Crippen LogP contribution in [0.5, 0.6) is 0 Å². The first kappa shape index (κ1) is 12.2. The quantitative estimate of drug-likeness (QED) is 0.573. The van der Waals surface area contributed by atoms with Crippen LogP contribution >= 0.6 is 0 Å². The summed E-state index contributed by atoms with van der Waals surface area (Å²) >= 11 is 0. The van der Waals surface area contributed by atoms with Crippen LogP contribution in [0.3, 0.4) is 0 Å². The lowest BCUT2D eigenvalue weighted by Gasteiger charge is -2.04. The fraction of sp³-hybridized carbons (Fsp3) is 0.273. The van der Waals surface area contributed by atoms with E-state index in [1.54, 1.807) is 12.1 Å². The van der Waals surface area contributed by atoms with Crippen molar-refractivity contribution in [1.29, 1.82) is 0 Å². The average molecular weight is 224 g/mol. The molecular weight excluding hydrogens is 212 g/mol. The van der Waals surface area contributed by atoms with Gasteiger partial charge in [-0.05, 0) is 5.56 Å². The first-order valence-corrected chi connectivity index (χ1v) is 4.62. The number of hydrogen-bond donors (Lipinski definition) is 0. The Morgan fingerprint density at radius 3 is 2.50 bits per heavy atom. The molecule has 5 nitrogen and oxygen atoms in total. The van der Waals surface area contributed by atoms with Gasteiger partial charge in [0.2, 0.25) is 0 Å². The Kier molecular flexibility index (Phi) is 5.01. The summed E-state index contributed by atoms with van der Waals surface area (Å²) in [6.07, 6.45) is -1.02. The Labute approximate surface area is 92.9 Å². The lowest BCUT2D eigenvalue weighted by molar-refractivity contribution is -0.144. The van der Waals surface area contributed by atoms with Gasteiger partial charge in [-0.15, -0.1) is 0 Å². The zero-order valence-electron chi connectivity index (χ0n) is 8.84. The van der Waals surface area contributed by atoms with Crippen LogP contribution in [-0.4, -0.2) is 25.8 Å². The minimum atomic E-state index is -1.02. The Bertz CT molecular complexity index is 347. The molecular formula is C11H12O5. The fourth-order valence-corrected chi connectivity index (χ4v) is 0.986. The Hall–Kier alpha value is -1.88. The number of esters is 1. The molecule has 0 aliphatic carbocycles. The number of ether oxygens (including phenoxy) is 3. The molecule has 0 saturated heterocycles. The maximum atomic E-state index is 11.0. The molecule has 0 radical (unpaired) electrons. The van der Waals surface area contributed by atoms with Gasteiger partial charge in [0.15, 0.2) is 0 Å². The summed E-state index contributed by atoms with van der Waals surface area (Å²) in [6, 6.07) is 9.08. The molecule has 0 N–H and O–H groups in total. The Balaban J connectivity index is 2.28. The van der Waals surface area contributed by atoms with Crippen LogP contribution < -0.4 is 0 Å². The Morgan fingerprint density at radius 1 is 1.19 bits per heavy atom. The van der Waals surface area contributed by atoms with Crippen LogP contribution in [0.1, 0.15) is 5.56 Å². The van der Waals surface area contributed by atoms with Crippen molar-refractivity contribution in [3.8, 4) is 0 Å². The second kappa shape index (κ2) is 6.58.